The predicted octanol–water partition coefficient (Wildman–Crippen LogP) is 5.33. The van der Waals surface area contributed by atoms with Crippen molar-refractivity contribution in [3.63, 3.8) is 0 Å². The molecule has 2 heterocycles. The Morgan fingerprint density at radius 2 is 1.56 bits per heavy atom. The molecule has 1 saturated carbocycles. The number of sulfonamides is 1. The highest BCUT2D eigenvalue weighted by Crippen LogP contribution is 2.54. The van der Waals surface area contributed by atoms with E-state index in [0.717, 1.165) is 25.9 Å². The highest BCUT2D eigenvalue weighted by atomic mass is 32.2. The zero-order chi connectivity index (χ0) is 30.3. The molecule has 0 aromatic heterocycles. The van der Waals surface area contributed by atoms with Crippen LogP contribution in [0.1, 0.15) is 59.9 Å². The van der Waals surface area contributed by atoms with E-state index >= 15 is 0 Å². The van der Waals surface area contributed by atoms with Gasteiger partial charge in [0.2, 0.25) is 10.0 Å². The van der Waals surface area contributed by atoms with Crippen LogP contribution in [-0.4, -0.2) is 59.2 Å². The second-order valence-electron chi connectivity index (χ2n) is 10.8. The van der Waals surface area contributed by atoms with E-state index in [0.29, 0.717) is 33.7 Å². The normalized spacial score (nSPS) is 21.5. The lowest BCUT2D eigenvalue weighted by Gasteiger charge is -2.35. The summed E-state index contributed by atoms with van der Waals surface area (Å²) in [6.07, 6.45) is 3.66. The maximum absolute atomic E-state index is 13.8. The molecule has 3 aliphatic rings. The molecule has 2 aromatic rings. The van der Waals surface area contributed by atoms with Gasteiger partial charge in [-0.15, -0.1) is 0 Å². The monoisotopic (exact) mass is 565 g/mol. The molecule has 0 atom stereocenters. The summed E-state index contributed by atoms with van der Waals surface area (Å²) in [5.41, 5.74) is 2.36. The molecule has 11 heteroatoms. The van der Waals surface area contributed by atoms with Gasteiger partial charge < -0.3 is 19.9 Å². The topological polar surface area (TPSA) is 91.0 Å². The molecule has 1 aliphatic carbocycles. The first-order chi connectivity index (χ1) is 19.7. The SMILES string of the molecule is [2H]C([2H])([2H])Oc1ccc(NC(=O)c2ccc(NS(=O)(=O)CC)cc2N2CCC3(CC2)CC3)cc1N1CCC(F)(F)CC1. The van der Waals surface area contributed by atoms with Crippen molar-refractivity contribution in [2.24, 2.45) is 5.41 Å². The van der Waals surface area contributed by atoms with Gasteiger partial charge in [-0.3, -0.25) is 9.52 Å². The molecule has 39 heavy (non-hydrogen) atoms. The Hall–Kier alpha value is -3.08. The second-order valence-corrected chi connectivity index (χ2v) is 12.8. The van der Waals surface area contributed by atoms with Crippen LogP contribution in [0, 0.1) is 5.41 Å². The average Bonchev–Trinajstić information content (AvgIpc) is 3.67. The number of nitrogens with one attached hydrogen (secondary N) is 2. The summed E-state index contributed by atoms with van der Waals surface area (Å²) in [5, 5.41) is 2.86. The van der Waals surface area contributed by atoms with Gasteiger partial charge in [0.15, 0.2) is 0 Å². The molecule has 0 unspecified atom stereocenters. The van der Waals surface area contributed by atoms with Crippen LogP contribution in [0.4, 0.5) is 31.5 Å². The standard InChI is InChI=1S/C28H36F2N4O4S/c1-3-39(36,37)32-21-4-6-22(23(19-21)33-14-10-27(8-9-27)11-15-33)26(35)31-20-5-7-25(38-2)24(18-20)34-16-12-28(29,30)13-17-34/h4-7,18-19,32H,3,8-17H2,1-2H3,(H,31,35)/i2D3. The zero-order valence-corrected chi connectivity index (χ0v) is 22.8. The number of hydrogen-bond donors (Lipinski definition) is 2. The molecule has 2 N–H and O–H groups in total. The Kier molecular flexibility index (Phi) is 6.39. The number of anilines is 4. The van der Waals surface area contributed by atoms with Crippen molar-refractivity contribution in [3.8, 4) is 5.75 Å². The lowest BCUT2D eigenvalue weighted by atomic mass is 9.93. The fourth-order valence-electron chi connectivity index (χ4n) is 5.40. The van der Waals surface area contributed by atoms with Crippen LogP contribution in [0.25, 0.3) is 0 Å². The van der Waals surface area contributed by atoms with Crippen molar-refractivity contribution in [1.82, 2.24) is 0 Å². The molecule has 1 amide bonds. The van der Waals surface area contributed by atoms with Gasteiger partial charge in [-0.05, 0) is 74.4 Å². The van der Waals surface area contributed by atoms with Crippen LogP contribution in [-0.2, 0) is 10.0 Å². The van der Waals surface area contributed by atoms with Gasteiger partial charge in [-0.2, -0.15) is 0 Å². The van der Waals surface area contributed by atoms with Gasteiger partial charge in [0, 0.05) is 44.7 Å². The quantitative estimate of drug-likeness (QED) is 0.450. The zero-order valence-electron chi connectivity index (χ0n) is 24.9. The van der Waals surface area contributed by atoms with Crippen LogP contribution in [0.2, 0.25) is 0 Å². The van der Waals surface area contributed by atoms with E-state index in [1.807, 2.05) is 0 Å². The minimum absolute atomic E-state index is 0.00249. The smallest absolute Gasteiger partial charge is 0.257 e. The molecular weight excluding hydrogens is 526 g/mol. The lowest BCUT2D eigenvalue weighted by Crippen LogP contribution is -2.39. The van der Waals surface area contributed by atoms with Gasteiger partial charge in [0.05, 0.1) is 39.5 Å². The highest BCUT2D eigenvalue weighted by molar-refractivity contribution is 7.92. The molecule has 0 bridgehead atoms. The Morgan fingerprint density at radius 3 is 2.21 bits per heavy atom. The van der Waals surface area contributed by atoms with Gasteiger partial charge >= 0.3 is 0 Å². The Balaban J connectivity index is 1.42. The fourth-order valence-corrected chi connectivity index (χ4v) is 6.03. The third-order valence-corrected chi connectivity index (χ3v) is 9.49. The Bertz CT molecular complexity index is 1430. The van der Waals surface area contributed by atoms with Crippen molar-refractivity contribution in [3.05, 3.63) is 42.0 Å². The number of piperidine rings is 2. The number of carbonyl (C=O) groups excluding carboxylic acids is 1. The van der Waals surface area contributed by atoms with Gasteiger partial charge in [0.25, 0.3) is 11.8 Å². The largest absolute Gasteiger partial charge is 0.495 e. The summed E-state index contributed by atoms with van der Waals surface area (Å²) in [6.45, 7) is 3.03. The van der Waals surface area contributed by atoms with E-state index in [-0.39, 0.29) is 37.4 Å². The van der Waals surface area contributed by atoms with E-state index in [9.17, 15) is 22.0 Å². The molecule has 0 radical (unpaired) electrons. The van der Waals surface area contributed by atoms with Crippen molar-refractivity contribution < 1.29 is 30.8 Å². The summed E-state index contributed by atoms with van der Waals surface area (Å²) >= 11 is 0. The van der Waals surface area contributed by atoms with Crippen molar-refractivity contribution >= 4 is 38.7 Å². The van der Waals surface area contributed by atoms with E-state index in [2.05, 4.69) is 14.9 Å². The number of amides is 1. The number of alkyl halides is 2. The number of halogens is 2. The molecule has 2 aromatic carbocycles. The number of nitrogens with zero attached hydrogens (tertiary/aromatic N) is 2. The maximum Gasteiger partial charge on any atom is 0.257 e. The average molecular weight is 566 g/mol. The molecular formula is C28H36F2N4O4S. The van der Waals surface area contributed by atoms with Gasteiger partial charge in [-0.1, -0.05) is 0 Å². The number of ether oxygens (including phenoxy) is 1. The third-order valence-electron chi connectivity index (χ3n) is 8.18. The van der Waals surface area contributed by atoms with E-state index in [4.69, 9.17) is 8.85 Å². The van der Waals surface area contributed by atoms with Crippen LogP contribution in [0.3, 0.4) is 0 Å². The first-order valence-electron chi connectivity index (χ1n) is 14.8. The van der Waals surface area contributed by atoms with Crippen molar-refractivity contribution in [2.75, 3.05) is 58.8 Å². The van der Waals surface area contributed by atoms with Crippen molar-refractivity contribution in [1.29, 1.82) is 0 Å². The lowest BCUT2D eigenvalue weighted by molar-refractivity contribution is -0.0221. The molecule has 212 valence electrons. The van der Waals surface area contributed by atoms with E-state index in [1.165, 1.54) is 31.0 Å². The fraction of sp³-hybridized carbons (Fsp3) is 0.536. The number of rotatable bonds is 8. The van der Waals surface area contributed by atoms with Gasteiger partial charge in [-0.25, -0.2) is 17.2 Å². The summed E-state index contributed by atoms with van der Waals surface area (Å²) < 4.78 is 82.4. The Labute approximate surface area is 233 Å². The first kappa shape index (κ1) is 23.8. The van der Waals surface area contributed by atoms with Crippen LogP contribution in [0.15, 0.2) is 36.4 Å². The first-order valence-corrected chi connectivity index (χ1v) is 15.0. The molecule has 5 rings (SSSR count). The number of hydrogen-bond acceptors (Lipinski definition) is 6. The minimum atomic E-state index is -3.52. The summed E-state index contributed by atoms with van der Waals surface area (Å²) in [5.74, 6) is -3.32. The molecule has 2 saturated heterocycles. The van der Waals surface area contributed by atoms with Crippen molar-refractivity contribution in [2.45, 2.75) is 51.4 Å². The summed E-state index contributed by atoms with van der Waals surface area (Å²) in [4.78, 5) is 17.4. The Morgan fingerprint density at radius 1 is 0.949 bits per heavy atom. The van der Waals surface area contributed by atoms with Gasteiger partial charge in [0.1, 0.15) is 5.75 Å². The summed E-state index contributed by atoms with van der Waals surface area (Å²) in [7, 11) is -6.27. The molecule has 8 nitrogen and oxygen atoms in total. The van der Waals surface area contributed by atoms with E-state index in [1.54, 1.807) is 30.0 Å². The molecule has 1 spiro atoms. The molecule has 3 fully saturated rings. The predicted molar refractivity (Wildman–Crippen MR) is 150 cm³/mol. The minimum Gasteiger partial charge on any atom is -0.495 e. The van der Waals surface area contributed by atoms with Crippen LogP contribution in [0.5, 0.6) is 5.75 Å². The third kappa shape index (κ3) is 6.23. The molecule has 2 aliphatic heterocycles. The number of methoxy groups -OCH3 is 1. The number of carbonyl (C=O) groups is 1. The van der Waals surface area contributed by atoms with Crippen LogP contribution >= 0.6 is 0 Å². The summed E-state index contributed by atoms with van der Waals surface area (Å²) in [6, 6.07) is 9.25. The van der Waals surface area contributed by atoms with E-state index < -0.39 is 28.9 Å². The maximum atomic E-state index is 13.8. The number of benzene rings is 2. The highest BCUT2D eigenvalue weighted by Gasteiger charge is 2.44. The second kappa shape index (κ2) is 10.5. The van der Waals surface area contributed by atoms with Crippen LogP contribution < -0.4 is 24.6 Å².